The summed E-state index contributed by atoms with van der Waals surface area (Å²) in [4.78, 5) is 0. The number of halogens is 2. The van der Waals surface area contributed by atoms with Gasteiger partial charge in [0.2, 0.25) is 0 Å². The number of nitrogens with one attached hydrogen (secondary N) is 1. The maximum absolute atomic E-state index is 3.47. The van der Waals surface area contributed by atoms with Crippen molar-refractivity contribution in [2.45, 2.75) is 6.42 Å². The molecule has 0 aliphatic carbocycles. The first kappa shape index (κ1) is 11.8. The van der Waals surface area contributed by atoms with Crippen LogP contribution in [0.5, 0.6) is 0 Å². The van der Waals surface area contributed by atoms with E-state index in [1.165, 1.54) is 17.6 Å². The molecule has 0 radical (unpaired) electrons. The largest absolute Gasteiger partial charge is 0.313 e. The maximum Gasteiger partial charge on any atom is 0.0181 e. The van der Waals surface area contributed by atoms with Gasteiger partial charge in [-0.05, 0) is 30.7 Å². The summed E-state index contributed by atoms with van der Waals surface area (Å²) in [5.74, 6) is 0. The van der Waals surface area contributed by atoms with E-state index in [2.05, 4.69) is 51.6 Å². The lowest BCUT2D eigenvalue weighted by atomic mass is 10.1. The summed E-state index contributed by atoms with van der Waals surface area (Å²) < 4.78 is 1.15. The Hall–Kier alpha value is -0.310. The molecule has 1 aromatic rings. The highest BCUT2D eigenvalue weighted by Gasteiger charge is 2.04. The highest BCUT2D eigenvalue weighted by atomic mass is 79.9. The molecule has 3 heteroatoms. The second kappa shape index (κ2) is 5.54. The molecular weight excluding hydrogens is 261 g/mol. The predicted octanol–water partition coefficient (Wildman–Crippen LogP) is 3.25. The summed E-state index contributed by atoms with van der Waals surface area (Å²) >= 11 is 3.47. The van der Waals surface area contributed by atoms with Crippen molar-refractivity contribution in [3.05, 3.63) is 39.9 Å². The molecule has 14 heavy (non-hydrogen) atoms. The smallest absolute Gasteiger partial charge is 0.0181 e. The summed E-state index contributed by atoms with van der Waals surface area (Å²) in [6.45, 7) is 2.17. The fourth-order valence-electron chi connectivity index (χ4n) is 1.54. The molecule has 0 amide bonds. The fourth-order valence-corrected chi connectivity index (χ4v) is 1.96. The van der Waals surface area contributed by atoms with Crippen molar-refractivity contribution < 1.29 is 0 Å². The molecule has 0 saturated carbocycles. The van der Waals surface area contributed by atoms with E-state index in [0.717, 1.165) is 17.6 Å². The van der Waals surface area contributed by atoms with Crippen molar-refractivity contribution in [1.29, 1.82) is 0 Å². The van der Waals surface area contributed by atoms with Crippen molar-refractivity contribution in [3.63, 3.8) is 0 Å². The summed E-state index contributed by atoms with van der Waals surface area (Å²) in [6.07, 6.45) is 3.46. The minimum absolute atomic E-state index is 0. The van der Waals surface area contributed by atoms with Crippen molar-refractivity contribution in [3.8, 4) is 0 Å². The van der Waals surface area contributed by atoms with E-state index in [9.17, 15) is 0 Å². The zero-order valence-electron chi connectivity index (χ0n) is 7.79. The highest BCUT2D eigenvalue weighted by molar-refractivity contribution is 9.10. The Labute approximate surface area is 99.1 Å². The second-order valence-electron chi connectivity index (χ2n) is 3.28. The molecule has 0 aromatic heterocycles. The maximum atomic E-state index is 3.47. The third kappa shape index (κ3) is 3.12. The van der Waals surface area contributed by atoms with E-state index < -0.39 is 0 Å². The van der Waals surface area contributed by atoms with Crippen LogP contribution in [0.1, 0.15) is 12.0 Å². The van der Waals surface area contributed by atoms with Gasteiger partial charge in [-0.1, -0.05) is 39.7 Å². The lowest BCUT2D eigenvalue weighted by Gasteiger charge is -1.97. The first-order valence-electron chi connectivity index (χ1n) is 4.50. The Balaban J connectivity index is 0.000000980. The van der Waals surface area contributed by atoms with E-state index in [1.54, 1.807) is 0 Å². The summed E-state index contributed by atoms with van der Waals surface area (Å²) in [7, 11) is 0. The molecule has 1 heterocycles. The van der Waals surface area contributed by atoms with Crippen LogP contribution >= 0.6 is 28.3 Å². The van der Waals surface area contributed by atoms with Gasteiger partial charge in [-0.25, -0.2) is 0 Å². The van der Waals surface area contributed by atoms with Crippen LogP contribution in [0.3, 0.4) is 0 Å². The van der Waals surface area contributed by atoms with E-state index in [4.69, 9.17) is 0 Å². The number of hydrogen-bond acceptors (Lipinski definition) is 1. The minimum Gasteiger partial charge on any atom is -0.313 e. The zero-order valence-corrected chi connectivity index (χ0v) is 10.2. The van der Waals surface area contributed by atoms with Gasteiger partial charge in [0, 0.05) is 11.0 Å². The molecule has 1 fully saturated rings. The second-order valence-corrected chi connectivity index (χ2v) is 4.20. The number of hydrogen-bond donors (Lipinski definition) is 1. The highest BCUT2D eigenvalue weighted by Crippen LogP contribution is 2.16. The first-order chi connectivity index (χ1) is 6.34. The molecule has 0 spiro atoms. The molecule has 76 valence electrons. The molecule has 2 rings (SSSR count). The van der Waals surface area contributed by atoms with Crippen LogP contribution in [0, 0.1) is 0 Å². The van der Waals surface area contributed by atoms with Crippen molar-refractivity contribution in [1.82, 2.24) is 5.32 Å². The van der Waals surface area contributed by atoms with Crippen LogP contribution in [0.4, 0.5) is 0 Å². The molecule has 0 atom stereocenters. The average molecular weight is 275 g/mol. The van der Waals surface area contributed by atoms with Gasteiger partial charge in [0.25, 0.3) is 0 Å². The van der Waals surface area contributed by atoms with Gasteiger partial charge in [0.05, 0.1) is 0 Å². The predicted molar refractivity (Wildman–Crippen MR) is 66.9 cm³/mol. The Kier molecular flexibility index (Phi) is 4.66. The van der Waals surface area contributed by atoms with E-state index >= 15 is 0 Å². The van der Waals surface area contributed by atoms with Crippen molar-refractivity contribution in [2.75, 3.05) is 13.1 Å². The normalized spacial score (nSPS) is 18.2. The van der Waals surface area contributed by atoms with Crippen LogP contribution in [0.15, 0.2) is 34.3 Å². The summed E-state index contributed by atoms with van der Waals surface area (Å²) in [5, 5.41) is 3.33. The zero-order chi connectivity index (χ0) is 9.10. The standard InChI is InChI=1S/C11H12BrN.ClH/c12-11-3-1-2-9(7-11)6-10-4-5-13-8-10;/h1-3,6-7,13H,4-5,8H2;1H/b10-6+;. The Bertz CT molecular complexity index is 328. The topological polar surface area (TPSA) is 12.0 Å². The molecule has 1 aliphatic heterocycles. The van der Waals surface area contributed by atoms with Gasteiger partial charge in [-0.3, -0.25) is 0 Å². The first-order valence-corrected chi connectivity index (χ1v) is 5.29. The van der Waals surface area contributed by atoms with Gasteiger partial charge in [-0.2, -0.15) is 0 Å². The van der Waals surface area contributed by atoms with E-state index in [0.29, 0.717) is 0 Å². The third-order valence-electron chi connectivity index (χ3n) is 2.19. The lowest BCUT2D eigenvalue weighted by molar-refractivity contribution is 0.862. The van der Waals surface area contributed by atoms with Gasteiger partial charge in [0.1, 0.15) is 0 Å². The average Bonchev–Trinajstić information content (AvgIpc) is 2.57. The van der Waals surface area contributed by atoms with Gasteiger partial charge in [-0.15, -0.1) is 12.4 Å². The Morgan fingerprint density at radius 3 is 2.86 bits per heavy atom. The van der Waals surface area contributed by atoms with E-state index in [-0.39, 0.29) is 12.4 Å². The van der Waals surface area contributed by atoms with Crippen molar-refractivity contribution in [2.24, 2.45) is 0 Å². The van der Waals surface area contributed by atoms with Crippen LogP contribution in [0.2, 0.25) is 0 Å². The SMILES string of the molecule is Brc1cccc(/C=C2\CCNC2)c1.Cl. The van der Waals surface area contributed by atoms with Crippen LogP contribution in [-0.4, -0.2) is 13.1 Å². The molecule has 1 aromatic carbocycles. The lowest BCUT2D eigenvalue weighted by Crippen LogP contribution is -2.04. The molecule has 1 aliphatic rings. The monoisotopic (exact) mass is 273 g/mol. The summed E-state index contributed by atoms with van der Waals surface area (Å²) in [5.41, 5.74) is 2.78. The molecule has 1 saturated heterocycles. The number of rotatable bonds is 1. The molecule has 1 N–H and O–H groups in total. The third-order valence-corrected chi connectivity index (χ3v) is 2.69. The van der Waals surface area contributed by atoms with Gasteiger partial charge >= 0.3 is 0 Å². The molecule has 1 nitrogen and oxygen atoms in total. The number of benzene rings is 1. The Morgan fingerprint density at radius 1 is 1.36 bits per heavy atom. The molecular formula is C11H13BrClN. The van der Waals surface area contributed by atoms with E-state index in [1.807, 2.05) is 0 Å². The van der Waals surface area contributed by atoms with Crippen molar-refractivity contribution >= 4 is 34.4 Å². The van der Waals surface area contributed by atoms with Crippen LogP contribution < -0.4 is 5.32 Å². The van der Waals surface area contributed by atoms with Gasteiger partial charge < -0.3 is 5.32 Å². The van der Waals surface area contributed by atoms with Gasteiger partial charge in [0.15, 0.2) is 0 Å². The quantitative estimate of drug-likeness (QED) is 0.829. The van der Waals surface area contributed by atoms with Crippen LogP contribution in [-0.2, 0) is 0 Å². The summed E-state index contributed by atoms with van der Waals surface area (Å²) in [6, 6.07) is 8.40. The molecule has 0 unspecified atom stereocenters. The minimum atomic E-state index is 0. The fraction of sp³-hybridized carbons (Fsp3) is 0.273. The molecule has 0 bridgehead atoms. The Morgan fingerprint density at radius 2 is 2.21 bits per heavy atom. The van der Waals surface area contributed by atoms with Crippen LogP contribution in [0.25, 0.3) is 6.08 Å².